The average molecular weight is 189 g/mol. The summed E-state index contributed by atoms with van der Waals surface area (Å²) in [4.78, 5) is 0. The van der Waals surface area contributed by atoms with Crippen molar-refractivity contribution in [1.82, 2.24) is 0 Å². The van der Waals surface area contributed by atoms with E-state index in [9.17, 15) is 13.2 Å². The van der Waals surface area contributed by atoms with Crippen LogP contribution in [0.2, 0.25) is 0 Å². The summed E-state index contributed by atoms with van der Waals surface area (Å²) in [5.41, 5.74) is 0.0720. The molecule has 0 fully saturated rings. The molecule has 0 unspecified atom stereocenters. The molecule has 1 aromatic carbocycles. The van der Waals surface area contributed by atoms with E-state index in [2.05, 4.69) is 11.7 Å². The highest BCUT2D eigenvalue weighted by Gasteiger charge is 2.11. The number of hydrogen-bond acceptors (Lipinski definition) is 1. The van der Waals surface area contributed by atoms with Crippen molar-refractivity contribution < 1.29 is 17.9 Å². The van der Waals surface area contributed by atoms with E-state index in [4.69, 9.17) is 0 Å². The van der Waals surface area contributed by atoms with E-state index in [1.165, 1.54) is 18.2 Å². The van der Waals surface area contributed by atoms with Crippen LogP contribution in [-0.4, -0.2) is 6.61 Å². The SMILES string of the molecule is [CH2]Cc1c(F)cccc1OC(F)F. The molecule has 0 amide bonds. The van der Waals surface area contributed by atoms with Gasteiger partial charge in [-0.25, -0.2) is 4.39 Å². The zero-order chi connectivity index (χ0) is 9.84. The van der Waals surface area contributed by atoms with Gasteiger partial charge in [-0.05, 0) is 25.5 Å². The molecule has 0 saturated heterocycles. The minimum atomic E-state index is -2.94. The maximum atomic E-state index is 12.9. The maximum Gasteiger partial charge on any atom is 0.387 e. The first-order chi connectivity index (χ1) is 6.15. The van der Waals surface area contributed by atoms with Gasteiger partial charge in [-0.3, -0.25) is 0 Å². The molecule has 0 saturated carbocycles. The minimum absolute atomic E-state index is 0.0720. The first-order valence-corrected chi connectivity index (χ1v) is 3.66. The highest BCUT2D eigenvalue weighted by molar-refractivity contribution is 5.35. The Morgan fingerprint density at radius 3 is 2.62 bits per heavy atom. The molecule has 0 spiro atoms. The third-order valence-corrected chi connectivity index (χ3v) is 1.54. The van der Waals surface area contributed by atoms with Crippen LogP contribution in [0.4, 0.5) is 13.2 Å². The maximum absolute atomic E-state index is 12.9. The lowest BCUT2D eigenvalue weighted by atomic mass is 10.1. The summed E-state index contributed by atoms with van der Waals surface area (Å²) >= 11 is 0. The van der Waals surface area contributed by atoms with Crippen molar-refractivity contribution in [2.75, 3.05) is 0 Å². The lowest BCUT2D eigenvalue weighted by Gasteiger charge is -2.09. The molecule has 0 bridgehead atoms. The van der Waals surface area contributed by atoms with Crippen molar-refractivity contribution in [3.8, 4) is 5.75 Å². The number of benzene rings is 1. The fourth-order valence-electron chi connectivity index (χ4n) is 0.988. The summed E-state index contributed by atoms with van der Waals surface area (Å²) in [5, 5.41) is 0. The minimum Gasteiger partial charge on any atom is -0.434 e. The van der Waals surface area contributed by atoms with Crippen LogP contribution in [-0.2, 0) is 6.42 Å². The number of ether oxygens (including phenoxy) is 1. The van der Waals surface area contributed by atoms with Gasteiger partial charge in [-0.15, -0.1) is 0 Å². The second kappa shape index (κ2) is 4.16. The highest BCUT2D eigenvalue weighted by Crippen LogP contribution is 2.23. The van der Waals surface area contributed by atoms with Crippen molar-refractivity contribution in [2.45, 2.75) is 13.0 Å². The smallest absolute Gasteiger partial charge is 0.387 e. The molecular formula is C9H8F3O. The summed E-state index contributed by atoms with van der Waals surface area (Å²) in [6.07, 6.45) is 0.0781. The quantitative estimate of drug-likeness (QED) is 0.710. The van der Waals surface area contributed by atoms with E-state index in [0.717, 1.165) is 0 Å². The van der Waals surface area contributed by atoms with Gasteiger partial charge in [0.1, 0.15) is 11.6 Å². The molecule has 71 valence electrons. The Labute approximate surface area is 74.1 Å². The molecule has 0 atom stereocenters. The topological polar surface area (TPSA) is 9.23 Å². The highest BCUT2D eigenvalue weighted by atomic mass is 19.3. The first kappa shape index (κ1) is 9.89. The molecule has 0 aliphatic heterocycles. The molecule has 1 radical (unpaired) electrons. The van der Waals surface area contributed by atoms with Gasteiger partial charge in [0.05, 0.1) is 0 Å². The van der Waals surface area contributed by atoms with E-state index in [-0.39, 0.29) is 17.7 Å². The molecule has 1 aromatic rings. The molecule has 0 aliphatic rings. The van der Waals surface area contributed by atoms with Gasteiger partial charge in [0.15, 0.2) is 0 Å². The number of rotatable bonds is 3. The molecule has 0 N–H and O–H groups in total. The summed E-state index contributed by atoms with van der Waals surface area (Å²) in [7, 11) is 0. The van der Waals surface area contributed by atoms with Crippen molar-refractivity contribution in [3.05, 3.63) is 36.5 Å². The van der Waals surface area contributed by atoms with Crippen LogP contribution >= 0.6 is 0 Å². The normalized spacial score (nSPS) is 10.5. The van der Waals surface area contributed by atoms with Crippen LogP contribution in [0.3, 0.4) is 0 Å². The second-order valence-electron chi connectivity index (χ2n) is 2.35. The summed E-state index contributed by atoms with van der Waals surface area (Å²) in [6, 6.07) is 3.78. The van der Waals surface area contributed by atoms with Gasteiger partial charge >= 0.3 is 6.61 Å². The zero-order valence-electron chi connectivity index (χ0n) is 6.77. The van der Waals surface area contributed by atoms with E-state index in [0.29, 0.717) is 0 Å². The Bertz CT molecular complexity index is 286. The van der Waals surface area contributed by atoms with E-state index in [1.807, 2.05) is 0 Å². The van der Waals surface area contributed by atoms with Gasteiger partial charge in [0.25, 0.3) is 0 Å². The van der Waals surface area contributed by atoms with Gasteiger partial charge in [0, 0.05) is 5.56 Å². The lowest BCUT2D eigenvalue weighted by molar-refractivity contribution is -0.0505. The number of alkyl halides is 2. The predicted molar refractivity (Wildman–Crippen MR) is 42.1 cm³/mol. The Morgan fingerprint density at radius 1 is 1.38 bits per heavy atom. The van der Waals surface area contributed by atoms with Crippen molar-refractivity contribution in [1.29, 1.82) is 0 Å². The lowest BCUT2D eigenvalue weighted by Crippen LogP contribution is -2.05. The van der Waals surface area contributed by atoms with E-state index in [1.54, 1.807) is 0 Å². The monoisotopic (exact) mass is 189 g/mol. The molecule has 4 heteroatoms. The zero-order valence-corrected chi connectivity index (χ0v) is 6.77. The van der Waals surface area contributed by atoms with Crippen LogP contribution in [0.25, 0.3) is 0 Å². The van der Waals surface area contributed by atoms with Crippen LogP contribution in [0.1, 0.15) is 5.56 Å². The largest absolute Gasteiger partial charge is 0.434 e. The Morgan fingerprint density at radius 2 is 2.08 bits per heavy atom. The van der Waals surface area contributed by atoms with Gasteiger partial charge in [-0.1, -0.05) is 6.07 Å². The van der Waals surface area contributed by atoms with Crippen LogP contribution < -0.4 is 4.74 Å². The van der Waals surface area contributed by atoms with Crippen LogP contribution in [0.5, 0.6) is 5.75 Å². The van der Waals surface area contributed by atoms with Crippen LogP contribution in [0.15, 0.2) is 18.2 Å². The van der Waals surface area contributed by atoms with Gasteiger partial charge in [-0.2, -0.15) is 8.78 Å². The summed E-state index contributed by atoms with van der Waals surface area (Å²) in [6.45, 7) is 0.482. The van der Waals surface area contributed by atoms with Gasteiger partial charge < -0.3 is 4.74 Å². The third-order valence-electron chi connectivity index (χ3n) is 1.54. The molecule has 1 nitrogen and oxygen atoms in total. The Kier molecular flexibility index (Phi) is 3.17. The Balaban J connectivity index is 2.98. The van der Waals surface area contributed by atoms with E-state index < -0.39 is 12.4 Å². The fourth-order valence-corrected chi connectivity index (χ4v) is 0.988. The van der Waals surface area contributed by atoms with Gasteiger partial charge in [0.2, 0.25) is 0 Å². The van der Waals surface area contributed by atoms with Crippen molar-refractivity contribution >= 4 is 0 Å². The molecule has 1 rings (SSSR count). The van der Waals surface area contributed by atoms with Crippen molar-refractivity contribution in [2.24, 2.45) is 0 Å². The first-order valence-electron chi connectivity index (χ1n) is 3.66. The molecule has 0 aromatic heterocycles. The summed E-state index contributed by atoms with van der Waals surface area (Å²) in [5.74, 6) is -0.724. The third kappa shape index (κ3) is 2.37. The number of halogens is 3. The molecule has 13 heavy (non-hydrogen) atoms. The number of hydrogen-bond donors (Lipinski definition) is 0. The molecule has 0 aliphatic carbocycles. The average Bonchev–Trinajstić information content (AvgIpc) is 2.03. The fraction of sp³-hybridized carbons (Fsp3) is 0.222. The van der Waals surface area contributed by atoms with Crippen LogP contribution in [0, 0.1) is 12.7 Å². The molecule has 0 heterocycles. The predicted octanol–water partition coefficient (Wildman–Crippen LogP) is 2.80. The summed E-state index contributed by atoms with van der Waals surface area (Å²) < 4.78 is 40.6. The second-order valence-corrected chi connectivity index (χ2v) is 2.35. The van der Waals surface area contributed by atoms with Crippen molar-refractivity contribution in [3.63, 3.8) is 0 Å². The standard InChI is InChI=1S/C9H8F3O/c1-2-6-7(10)4-3-5-8(6)13-9(11)12/h3-5,9H,1-2H2. The Hall–Kier alpha value is -1.19. The molecular weight excluding hydrogens is 181 g/mol. The van der Waals surface area contributed by atoms with E-state index >= 15 is 0 Å².